The van der Waals surface area contributed by atoms with Gasteiger partial charge in [-0.05, 0) is 12.1 Å². The monoisotopic (exact) mass is 259 g/mol. The van der Waals surface area contributed by atoms with Crippen molar-refractivity contribution in [1.29, 1.82) is 0 Å². The fraction of sp³-hybridized carbons (Fsp3) is 0.500. The van der Waals surface area contributed by atoms with Crippen LogP contribution in [0.4, 0.5) is 0 Å². The number of benzene rings is 1. The van der Waals surface area contributed by atoms with Crippen molar-refractivity contribution < 1.29 is 14.6 Å². The highest BCUT2D eigenvalue weighted by molar-refractivity contribution is 6.31. The molecule has 4 nitrogen and oxygen atoms in total. The van der Waals surface area contributed by atoms with E-state index in [0.29, 0.717) is 23.9 Å². The molecule has 0 aliphatic rings. The van der Waals surface area contributed by atoms with Gasteiger partial charge in [-0.15, -0.1) is 0 Å². The molecule has 0 bridgehead atoms. The predicted molar refractivity (Wildman–Crippen MR) is 67.6 cm³/mol. The lowest BCUT2D eigenvalue weighted by Crippen LogP contribution is -2.19. The van der Waals surface area contributed by atoms with Gasteiger partial charge in [-0.25, -0.2) is 0 Å². The van der Waals surface area contributed by atoms with Gasteiger partial charge in [0.1, 0.15) is 12.4 Å². The molecule has 0 amide bonds. The van der Waals surface area contributed by atoms with E-state index in [4.69, 9.17) is 26.2 Å². The van der Waals surface area contributed by atoms with Gasteiger partial charge in [-0.3, -0.25) is 0 Å². The first-order valence-corrected chi connectivity index (χ1v) is 5.88. The lowest BCUT2D eigenvalue weighted by atomic mass is 10.2. The van der Waals surface area contributed by atoms with Crippen molar-refractivity contribution in [2.45, 2.75) is 6.54 Å². The highest BCUT2D eigenvalue weighted by Crippen LogP contribution is 2.26. The molecule has 0 saturated heterocycles. The van der Waals surface area contributed by atoms with Crippen LogP contribution in [0.2, 0.25) is 5.02 Å². The quantitative estimate of drug-likeness (QED) is 0.694. The molecule has 1 aromatic rings. The Hall–Kier alpha value is -0.810. The number of hydrogen-bond acceptors (Lipinski definition) is 4. The van der Waals surface area contributed by atoms with Crippen LogP contribution >= 0.6 is 11.6 Å². The number of rotatable bonds is 8. The van der Waals surface area contributed by atoms with Gasteiger partial charge in [0.25, 0.3) is 0 Å². The van der Waals surface area contributed by atoms with Gasteiger partial charge < -0.3 is 19.9 Å². The Kier molecular flexibility index (Phi) is 6.96. The van der Waals surface area contributed by atoms with Crippen LogP contribution < -0.4 is 10.1 Å². The van der Waals surface area contributed by atoms with Crippen molar-refractivity contribution in [3.05, 3.63) is 28.8 Å². The Balaban J connectivity index is 2.60. The molecule has 0 aliphatic carbocycles. The van der Waals surface area contributed by atoms with Gasteiger partial charge in [0.05, 0.1) is 13.2 Å². The van der Waals surface area contributed by atoms with Crippen LogP contribution in [0, 0.1) is 0 Å². The molecular formula is C12H18ClNO3. The van der Waals surface area contributed by atoms with E-state index in [9.17, 15) is 0 Å². The molecule has 1 aromatic carbocycles. The Labute approximate surface area is 106 Å². The van der Waals surface area contributed by atoms with E-state index >= 15 is 0 Å². The second-order valence-electron chi connectivity index (χ2n) is 3.46. The standard InChI is InChI=1S/C12H18ClNO3/c1-16-7-5-14-9-10-11(13)3-2-4-12(10)17-8-6-15/h2-4,14-15H,5-9H2,1H3. The van der Waals surface area contributed by atoms with E-state index in [1.165, 1.54) is 0 Å². The minimum absolute atomic E-state index is 0.0109. The lowest BCUT2D eigenvalue weighted by Gasteiger charge is -2.13. The largest absolute Gasteiger partial charge is 0.491 e. The number of halogens is 1. The number of nitrogens with one attached hydrogen (secondary N) is 1. The third-order valence-electron chi connectivity index (χ3n) is 2.21. The first-order chi connectivity index (χ1) is 8.29. The third kappa shape index (κ3) is 4.91. The minimum Gasteiger partial charge on any atom is -0.491 e. The van der Waals surface area contributed by atoms with Gasteiger partial charge in [0, 0.05) is 30.8 Å². The van der Waals surface area contributed by atoms with E-state index in [2.05, 4.69) is 5.32 Å². The van der Waals surface area contributed by atoms with E-state index in [1.807, 2.05) is 18.2 Å². The summed E-state index contributed by atoms with van der Waals surface area (Å²) in [5.41, 5.74) is 0.902. The molecule has 0 heterocycles. The lowest BCUT2D eigenvalue weighted by molar-refractivity contribution is 0.196. The molecule has 17 heavy (non-hydrogen) atoms. The molecule has 0 saturated carbocycles. The maximum atomic E-state index is 8.74. The summed E-state index contributed by atoms with van der Waals surface area (Å²) >= 11 is 6.11. The van der Waals surface area contributed by atoms with Crippen LogP contribution in [0.15, 0.2) is 18.2 Å². The van der Waals surface area contributed by atoms with Crippen molar-refractivity contribution in [1.82, 2.24) is 5.32 Å². The molecule has 0 fully saturated rings. The zero-order valence-electron chi connectivity index (χ0n) is 9.91. The van der Waals surface area contributed by atoms with Crippen LogP contribution in [0.25, 0.3) is 0 Å². The molecule has 0 aromatic heterocycles. The van der Waals surface area contributed by atoms with E-state index < -0.39 is 0 Å². The normalized spacial score (nSPS) is 10.5. The maximum absolute atomic E-state index is 8.74. The predicted octanol–water partition coefficient (Wildman–Crippen LogP) is 1.45. The van der Waals surface area contributed by atoms with Gasteiger partial charge >= 0.3 is 0 Å². The van der Waals surface area contributed by atoms with Crippen molar-refractivity contribution in [3.63, 3.8) is 0 Å². The highest BCUT2D eigenvalue weighted by atomic mass is 35.5. The van der Waals surface area contributed by atoms with Crippen LogP contribution in [-0.4, -0.2) is 38.6 Å². The Morgan fingerprint density at radius 1 is 1.35 bits per heavy atom. The van der Waals surface area contributed by atoms with Gasteiger partial charge in [-0.2, -0.15) is 0 Å². The minimum atomic E-state index is -0.0109. The Morgan fingerprint density at radius 3 is 2.88 bits per heavy atom. The summed E-state index contributed by atoms with van der Waals surface area (Å²) in [4.78, 5) is 0. The molecule has 2 N–H and O–H groups in total. The summed E-state index contributed by atoms with van der Waals surface area (Å²) < 4.78 is 10.4. The summed E-state index contributed by atoms with van der Waals surface area (Å²) in [6.07, 6.45) is 0. The molecule has 1 rings (SSSR count). The summed E-state index contributed by atoms with van der Waals surface area (Å²) in [5, 5.41) is 12.6. The van der Waals surface area contributed by atoms with Gasteiger partial charge in [-0.1, -0.05) is 17.7 Å². The zero-order valence-corrected chi connectivity index (χ0v) is 10.7. The van der Waals surface area contributed by atoms with Crippen molar-refractivity contribution in [2.24, 2.45) is 0 Å². The average Bonchev–Trinajstić information content (AvgIpc) is 2.34. The van der Waals surface area contributed by atoms with E-state index in [-0.39, 0.29) is 13.2 Å². The van der Waals surface area contributed by atoms with Crippen LogP contribution in [-0.2, 0) is 11.3 Å². The average molecular weight is 260 g/mol. The highest BCUT2D eigenvalue weighted by Gasteiger charge is 2.07. The van der Waals surface area contributed by atoms with Crippen molar-refractivity contribution in [3.8, 4) is 5.75 Å². The zero-order chi connectivity index (χ0) is 12.5. The smallest absolute Gasteiger partial charge is 0.125 e. The van der Waals surface area contributed by atoms with Crippen LogP contribution in [0.5, 0.6) is 5.75 Å². The molecule has 0 spiro atoms. The molecule has 0 radical (unpaired) electrons. The molecule has 0 aliphatic heterocycles. The fourth-order valence-electron chi connectivity index (χ4n) is 1.39. The van der Waals surface area contributed by atoms with Crippen molar-refractivity contribution in [2.75, 3.05) is 33.5 Å². The summed E-state index contributed by atoms with van der Waals surface area (Å²) in [5.74, 6) is 0.705. The maximum Gasteiger partial charge on any atom is 0.125 e. The first-order valence-electron chi connectivity index (χ1n) is 5.50. The molecule has 96 valence electrons. The fourth-order valence-corrected chi connectivity index (χ4v) is 1.62. The van der Waals surface area contributed by atoms with Crippen LogP contribution in [0.3, 0.4) is 0 Å². The second kappa shape index (κ2) is 8.31. The Morgan fingerprint density at radius 2 is 2.18 bits per heavy atom. The second-order valence-corrected chi connectivity index (χ2v) is 3.87. The van der Waals surface area contributed by atoms with Crippen molar-refractivity contribution >= 4 is 11.6 Å². The van der Waals surface area contributed by atoms with E-state index in [0.717, 1.165) is 12.1 Å². The number of ether oxygens (including phenoxy) is 2. The van der Waals surface area contributed by atoms with E-state index in [1.54, 1.807) is 7.11 Å². The molecular weight excluding hydrogens is 242 g/mol. The van der Waals surface area contributed by atoms with Gasteiger partial charge in [0.15, 0.2) is 0 Å². The van der Waals surface area contributed by atoms with Gasteiger partial charge in [0.2, 0.25) is 0 Å². The topological polar surface area (TPSA) is 50.7 Å². The number of aliphatic hydroxyl groups is 1. The number of aliphatic hydroxyl groups excluding tert-OH is 1. The SMILES string of the molecule is COCCNCc1c(Cl)cccc1OCCO. The molecule has 0 unspecified atom stereocenters. The number of methoxy groups -OCH3 is 1. The summed E-state index contributed by atoms with van der Waals surface area (Å²) in [6.45, 7) is 2.27. The first kappa shape index (κ1) is 14.3. The van der Waals surface area contributed by atoms with Crippen LogP contribution in [0.1, 0.15) is 5.56 Å². The summed E-state index contributed by atoms with van der Waals surface area (Å²) in [7, 11) is 1.66. The third-order valence-corrected chi connectivity index (χ3v) is 2.56. The molecule has 0 atom stereocenters. The number of hydrogen-bond donors (Lipinski definition) is 2. The Bertz CT molecular complexity index is 334. The molecule has 5 heteroatoms. The summed E-state index contributed by atoms with van der Waals surface area (Å²) in [6, 6.07) is 5.49.